The molecule has 2 aromatic rings. The summed E-state index contributed by atoms with van der Waals surface area (Å²) >= 11 is 0. The summed E-state index contributed by atoms with van der Waals surface area (Å²) in [4.78, 5) is 0. The lowest BCUT2D eigenvalue weighted by Crippen LogP contribution is -2.35. The molecule has 0 amide bonds. The maximum atomic E-state index is 3.18. The smallest absolute Gasteiger partial charge is 0.147 e. The topological polar surface area (TPSA) is 6.48 Å². The van der Waals surface area contributed by atoms with Gasteiger partial charge in [-0.05, 0) is 140 Å². The molecule has 4 aliphatic heterocycles. The van der Waals surface area contributed by atoms with E-state index in [0.29, 0.717) is 0 Å². The number of nitrogens with zero attached hydrogens (tertiary/aromatic N) is 2. The lowest BCUT2D eigenvalue weighted by Gasteiger charge is -2.45. The zero-order valence-corrected chi connectivity index (χ0v) is 34.2. The summed E-state index contributed by atoms with van der Waals surface area (Å²) in [5, 5.41) is 0. The van der Waals surface area contributed by atoms with Gasteiger partial charge < -0.3 is 0 Å². The zero-order valence-electron chi connectivity index (χ0n) is 30.6. The molecule has 0 unspecified atom stereocenters. The van der Waals surface area contributed by atoms with Crippen molar-refractivity contribution in [3.05, 3.63) is 48.5 Å². The molecule has 0 aromatic heterocycles. The van der Waals surface area contributed by atoms with Gasteiger partial charge in [-0.15, -0.1) is 4.44 Å². The van der Waals surface area contributed by atoms with Gasteiger partial charge in [-0.1, -0.05) is 38.1 Å². The van der Waals surface area contributed by atoms with Gasteiger partial charge in [0, 0.05) is 8.07 Å². The molecule has 0 aliphatic carbocycles. The number of rotatable bonds is 7. The van der Waals surface area contributed by atoms with E-state index in [-0.39, 0.29) is 8.07 Å². The first-order valence-corrected chi connectivity index (χ1v) is 26.8. The Kier molecular flexibility index (Phi) is 9.92. The van der Waals surface area contributed by atoms with Crippen molar-refractivity contribution < 1.29 is 0 Å². The Morgan fingerprint density at radius 3 is 1.11 bits per heavy atom. The molecule has 8 atom stereocenters. The van der Waals surface area contributed by atoms with Crippen LogP contribution in [0.1, 0.15) is 107 Å². The van der Waals surface area contributed by atoms with Crippen LogP contribution < -0.4 is 8.88 Å². The van der Waals surface area contributed by atoms with Crippen molar-refractivity contribution in [3.8, 4) is 11.1 Å². The number of anilines is 2. The Balaban J connectivity index is 1.34. The number of hydrogen-bond acceptors (Lipinski definition) is 2. The van der Waals surface area contributed by atoms with Crippen LogP contribution >= 0.6 is 30.3 Å². The fourth-order valence-electron chi connectivity index (χ4n) is 10.1. The van der Waals surface area contributed by atoms with E-state index in [0.717, 1.165) is 45.3 Å². The molecule has 2 aromatic carbocycles. The van der Waals surface area contributed by atoms with Crippen molar-refractivity contribution >= 4 is 41.7 Å². The van der Waals surface area contributed by atoms with Crippen LogP contribution in [0.15, 0.2) is 48.5 Å². The van der Waals surface area contributed by atoms with E-state index in [1.165, 1.54) is 73.9 Å². The van der Waals surface area contributed by atoms with Gasteiger partial charge in [0.1, 0.15) is 27.9 Å². The van der Waals surface area contributed by atoms with Crippen LogP contribution in [0.5, 0.6) is 0 Å². The van der Waals surface area contributed by atoms with Crippen LogP contribution in [0.25, 0.3) is 11.1 Å². The second kappa shape index (κ2) is 12.9. The number of hydrogen-bond donors (Lipinski definition) is 0. The van der Waals surface area contributed by atoms with E-state index in [4.69, 9.17) is 0 Å². The lowest BCUT2D eigenvalue weighted by atomic mass is 10.1. The quantitative estimate of drug-likeness (QED) is 0.268. The Bertz CT molecular complexity index is 1260. The highest BCUT2D eigenvalue weighted by molar-refractivity contribution is 7.95. The van der Waals surface area contributed by atoms with Crippen molar-refractivity contribution in [2.24, 2.45) is 0 Å². The summed E-state index contributed by atoms with van der Waals surface area (Å²) in [6, 6.07) is 19.9. The van der Waals surface area contributed by atoms with Crippen molar-refractivity contribution in [1.82, 2.24) is 0 Å². The Morgan fingerprint density at radius 2 is 0.756 bits per heavy atom. The molecule has 0 saturated carbocycles. The normalized spacial score (nSPS) is 35.6. The van der Waals surface area contributed by atoms with Crippen LogP contribution in [0.2, 0.25) is 0 Å². The van der Waals surface area contributed by atoms with Crippen molar-refractivity contribution in [1.29, 1.82) is 0 Å². The fourth-order valence-corrected chi connectivity index (χ4v) is 33.0. The van der Waals surface area contributed by atoms with Gasteiger partial charge in [0.25, 0.3) is 0 Å². The zero-order chi connectivity index (χ0) is 32.5. The molecular weight excluding hydrogens is 620 g/mol. The molecule has 4 aliphatic rings. The highest BCUT2D eigenvalue weighted by atomic mass is 31.2. The van der Waals surface area contributed by atoms with Crippen LogP contribution in [-0.2, 0) is 0 Å². The molecule has 0 bridgehead atoms. The van der Waals surface area contributed by atoms with E-state index in [2.05, 4.69) is 133 Å². The summed E-state index contributed by atoms with van der Waals surface area (Å²) in [6.07, 6.45) is 11.3. The van der Waals surface area contributed by atoms with Crippen LogP contribution in [0, 0.1) is 0 Å². The highest BCUT2D eigenvalue weighted by Gasteiger charge is 2.67. The molecular formula is C39H65N2P4+3. The van der Waals surface area contributed by atoms with Crippen molar-refractivity contribution in [2.45, 2.75) is 152 Å². The van der Waals surface area contributed by atoms with Crippen LogP contribution in [0.3, 0.4) is 0 Å². The summed E-state index contributed by atoms with van der Waals surface area (Å²) in [6.45, 7) is 28.8. The van der Waals surface area contributed by atoms with Crippen LogP contribution in [0.4, 0.5) is 11.4 Å². The summed E-state index contributed by atoms with van der Waals surface area (Å²) in [7, 11) is -3.99. The van der Waals surface area contributed by atoms with Gasteiger partial charge in [0.2, 0.25) is 0 Å². The average molecular weight is 686 g/mol. The Labute approximate surface area is 281 Å². The molecule has 4 saturated heterocycles. The summed E-state index contributed by atoms with van der Waals surface area (Å²) in [5.74, 6) is 0. The first-order valence-electron chi connectivity index (χ1n) is 18.4. The fraction of sp³-hybridized carbons (Fsp3) is 0.692. The third-order valence-electron chi connectivity index (χ3n) is 14.2. The molecule has 2 nitrogen and oxygen atoms in total. The summed E-state index contributed by atoms with van der Waals surface area (Å²) < 4.78 is 6.29. The van der Waals surface area contributed by atoms with Crippen LogP contribution in [-0.4, -0.2) is 65.3 Å². The van der Waals surface area contributed by atoms with E-state index >= 15 is 0 Å². The maximum Gasteiger partial charge on any atom is 0.147 e. The molecule has 45 heavy (non-hydrogen) atoms. The standard InChI is InChI=1S/C39H65N2P4/c1-28-12-13-29(2)42(28)40(43(9)30(3)14-15-31(43)4)38-24-20-36(21-25-38)37-22-26-39(27-23-37)41(44(10)32(5)16-17-33(44)6)45(11)34(7)18-19-35(45)8/h20-35H,12-19H2,1-11H3/q+3/t28-,29-,30-,31-,32-,33-,34-,35-/m0/s1. The van der Waals surface area contributed by atoms with E-state index in [9.17, 15) is 0 Å². The molecule has 248 valence electrons. The summed E-state index contributed by atoms with van der Waals surface area (Å²) in [5.41, 5.74) is 12.5. The van der Waals surface area contributed by atoms with E-state index in [1.807, 2.05) is 0 Å². The second-order valence-corrected chi connectivity index (χ2v) is 33.1. The SMILES string of the molecule is C[C@H]1CC[C@H](C)P1N(c1ccc(-c2ccc(N([P+]3(C)[C@@H](C)CC[C@@H]3C)[P+]3(C)[C@@H](C)CC[C@@H]3C)cc2)cc1)[P+]1(C)[C@@H](C)CC[C@@H]1C. The monoisotopic (exact) mass is 685 g/mol. The molecule has 6 rings (SSSR count). The van der Waals surface area contributed by atoms with Crippen molar-refractivity contribution in [2.75, 3.05) is 28.9 Å². The highest BCUT2D eigenvalue weighted by Crippen LogP contribution is 2.87. The van der Waals surface area contributed by atoms with Gasteiger partial charge in [0.05, 0.1) is 59.6 Å². The Hall–Kier alpha value is -0.240. The third-order valence-corrected chi connectivity index (χ3v) is 36.7. The minimum atomic E-state index is -1.29. The van der Waals surface area contributed by atoms with Gasteiger partial charge in [-0.2, -0.15) is 0 Å². The van der Waals surface area contributed by atoms with Gasteiger partial charge in [-0.25, -0.2) is 4.44 Å². The van der Waals surface area contributed by atoms with Gasteiger partial charge in [0.15, 0.2) is 0 Å². The maximum absolute atomic E-state index is 3.18. The third kappa shape index (κ3) is 5.50. The predicted molar refractivity (Wildman–Crippen MR) is 215 cm³/mol. The number of benzene rings is 2. The molecule has 4 heterocycles. The first-order chi connectivity index (χ1) is 21.2. The molecule has 0 radical (unpaired) electrons. The van der Waals surface area contributed by atoms with Gasteiger partial charge in [-0.3, -0.25) is 0 Å². The van der Waals surface area contributed by atoms with E-state index in [1.54, 1.807) is 0 Å². The molecule has 6 heteroatoms. The van der Waals surface area contributed by atoms with E-state index < -0.39 is 22.2 Å². The second-order valence-electron chi connectivity index (χ2n) is 16.4. The van der Waals surface area contributed by atoms with Crippen molar-refractivity contribution in [3.63, 3.8) is 0 Å². The average Bonchev–Trinajstić information content (AvgIpc) is 3.67. The first kappa shape index (κ1) is 34.6. The van der Waals surface area contributed by atoms with Gasteiger partial charge >= 0.3 is 0 Å². The minimum Gasteiger partial charge on any atom is -0.230 e. The lowest BCUT2D eigenvalue weighted by molar-refractivity contribution is 0.777. The largest absolute Gasteiger partial charge is 0.230 e. The predicted octanol–water partition coefficient (Wildman–Crippen LogP) is 13.3. The minimum absolute atomic E-state index is 0.147. The Morgan fingerprint density at radius 1 is 0.444 bits per heavy atom. The molecule has 0 spiro atoms. The molecule has 4 fully saturated rings. The molecule has 0 N–H and O–H groups in total.